The first kappa shape index (κ1) is 20.0. The Morgan fingerprint density at radius 3 is 2.84 bits per heavy atom. The Balaban J connectivity index is 1.40. The minimum Gasteiger partial charge on any atom is -0.456 e. The van der Waals surface area contributed by atoms with Crippen molar-refractivity contribution in [2.24, 2.45) is 10.7 Å². The van der Waals surface area contributed by atoms with Crippen LogP contribution in [0.1, 0.15) is 43.3 Å². The number of hydrogen-bond donors (Lipinski definition) is 2. The van der Waals surface area contributed by atoms with Gasteiger partial charge in [0.1, 0.15) is 23.0 Å². The van der Waals surface area contributed by atoms with E-state index in [1.807, 2.05) is 56.3 Å². The van der Waals surface area contributed by atoms with Gasteiger partial charge in [-0.1, -0.05) is 30.4 Å². The molecule has 160 valence electrons. The minimum atomic E-state index is -0.0355. The number of allylic oxidation sites excluding steroid dienone is 4. The molecule has 32 heavy (non-hydrogen) atoms. The molecule has 0 aliphatic heterocycles. The van der Waals surface area contributed by atoms with Crippen LogP contribution in [0.25, 0.3) is 27.6 Å². The van der Waals surface area contributed by atoms with Gasteiger partial charge in [0.15, 0.2) is 5.43 Å². The van der Waals surface area contributed by atoms with Gasteiger partial charge in [-0.2, -0.15) is 0 Å². The standard InChI is InChI=1S/C26H24N4O2/c1-15(2)28-25(27)18-11-12-20-21(13-18)30-26(29-20)17-9-7-16(8-10-17)24-14-22(31)19-5-3-4-6-23(19)32-24/h3-9,11-15,17H,10H2,1-2H3,(H2,27,28)(H,29,30). The van der Waals surface area contributed by atoms with Crippen molar-refractivity contribution in [2.45, 2.75) is 32.2 Å². The smallest absolute Gasteiger partial charge is 0.193 e. The number of fused-ring (bicyclic) bond motifs is 2. The van der Waals surface area contributed by atoms with Crippen molar-refractivity contribution < 1.29 is 4.42 Å². The maximum atomic E-state index is 12.4. The zero-order valence-electron chi connectivity index (χ0n) is 18.0. The first-order valence-corrected chi connectivity index (χ1v) is 10.7. The van der Waals surface area contributed by atoms with Gasteiger partial charge in [0.05, 0.1) is 16.4 Å². The van der Waals surface area contributed by atoms with E-state index >= 15 is 0 Å². The van der Waals surface area contributed by atoms with Crippen molar-refractivity contribution in [3.8, 4) is 0 Å². The molecule has 4 aromatic rings. The Morgan fingerprint density at radius 2 is 2.06 bits per heavy atom. The van der Waals surface area contributed by atoms with Gasteiger partial charge in [0, 0.05) is 29.2 Å². The lowest BCUT2D eigenvalue weighted by atomic mass is 9.95. The molecule has 3 N–H and O–H groups in total. The van der Waals surface area contributed by atoms with Gasteiger partial charge >= 0.3 is 0 Å². The number of rotatable bonds is 4. The number of aromatic amines is 1. The predicted octanol–water partition coefficient (Wildman–Crippen LogP) is 4.91. The third-order valence-electron chi connectivity index (χ3n) is 5.56. The van der Waals surface area contributed by atoms with E-state index in [-0.39, 0.29) is 17.4 Å². The summed E-state index contributed by atoms with van der Waals surface area (Å²) in [6.07, 6.45) is 6.93. The molecular formula is C26H24N4O2. The van der Waals surface area contributed by atoms with E-state index in [4.69, 9.17) is 15.1 Å². The fourth-order valence-electron chi connectivity index (χ4n) is 3.97. The molecule has 5 rings (SSSR count). The van der Waals surface area contributed by atoms with Crippen LogP contribution < -0.4 is 11.2 Å². The number of hydrogen-bond acceptors (Lipinski definition) is 4. The number of amidine groups is 1. The second kappa shape index (κ2) is 7.96. The average molecular weight is 425 g/mol. The molecule has 1 aliphatic carbocycles. The molecule has 6 nitrogen and oxygen atoms in total. The summed E-state index contributed by atoms with van der Waals surface area (Å²) >= 11 is 0. The van der Waals surface area contributed by atoms with Gasteiger partial charge in [-0.25, -0.2) is 4.98 Å². The Bertz CT molecular complexity index is 1470. The summed E-state index contributed by atoms with van der Waals surface area (Å²) in [6, 6.07) is 14.9. The summed E-state index contributed by atoms with van der Waals surface area (Å²) in [5.41, 5.74) is 10.3. The predicted molar refractivity (Wildman–Crippen MR) is 129 cm³/mol. The molecule has 1 atom stereocenters. The van der Waals surface area contributed by atoms with Crippen LogP contribution in [0.15, 0.2) is 81.0 Å². The maximum absolute atomic E-state index is 12.4. The van der Waals surface area contributed by atoms with Crippen LogP contribution >= 0.6 is 0 Å². The van der Waals surface area contributed by atoms with Crippen LogP contribution in [0.3, 0.4) is 0 Å². The first-order chi connectivity index (χ1) is 15.5. The summed E-state index contributed by atoms with van der Waals surface area (Å²) in [4.78, 5) is 25.0. The number of para-hydroxylation sites is 1. The van der Waals surface area contributed by atoms with E-state index in [2.05, 4.69) is 22.1 Å². The van der Waals surface area contributed by atoms with E-state index in [1.165, 1.54) is 0 Å². The van der Waals surface area contributed by atoms with Gasteiger partial charge < -0.3 is 15.1 Å². The van der Waals surface area contributed by atoms with Crippen molar-refractivity contribution in [1.82, 2.24) is 9.97 Å². The molecule has 0 amide bonds. The quantitative estimate of drug-likeness (QED) is 0.359. The van der Waals surface area contributed by atoms with Crippen molar-refractivity contribution in [2.75, 3.05) is 0 Å². The van der Waals surface area contributed by atoms with Gasteiger partial charge in [0.2, 0.25) is 0 Å². The molecule has 6 heteroatoms. The van der Waals surface area contributed by atoms with Crippen molar-refractivity contribution in [1.29, 1.82) is 0 Å². The lowest BCUT2D eigenvalue weighted by molar-refractivity contribution is 0.586. The van der Waals surface area contributed by atoms with Crippen LogP contribution in [-0.2, 0) is 0 Å². The van der Waals surface area contributed by atoms with Crippen molar-refractivity contribution in [3.05, 3.63) is 94.1 Å². The van der Waals surface area contributed by atoms with E-state index < -0.39 is 0 Å². The van der Waals surface area contributed by atoms with E-state index in [9.17, 15) is 4.79 Å². The van der Waals surface area contributed by atoms with Gasteiger partial charge in [-0.05, 0) is 50.6 Å². The molecule has 0 saturated carbocycles. The zero-order chi connectivity index (χ0) is 22.2. The molecule has 1 unspecified atom stereocenters. The first-order valence-electron chi connectivity index (χ1n) is 10.7. The van der Waals surface area contributed by atoms with Crippen LogP contribution in [0, 0.1) is 0 Å². The van der Waals surface area contributed by atoms with Crippen molar-refractivity contribution >= 4 is 33.4 Å². The number of aromatic nitrogens is 2. The van der Waals surface area contributed by atoms with Gasteiger partial charge in [0.25, 0.3) is 0 Å². The molecule has 2 aromatic carbocycles. The third kappa shape index (κ3) is 3.75. The summed E-state index contributed by atoms with van der Waals surface area (Å²) in [5.74, 6) is 2.11. The molecular weight excluding hydrogens is 400 g/mol. The normalized spacial score (nSPS) is 16.8. The molecule has 0 bridgehead atoms. The Morgan fingerprint density at radius 1 is 1.22 bits per heavy atom. The number of aliphatic imine (C=N–C) groups is 1. The van der Waals surface area contributed by atoms with Crippen LogP contribution in [0.4, 0.5) is 0 Å². The highest BCUT2D eigenvalue weighted by Crippen LogP contribution is 2.31. The largest absolute Gasteiger partial charge is 0.456 e. The van der Waals surface area contributed by atoms with Crippen LogP contribution in [0.5, 0.6) is 0 Å². The topological polar surface area (TPSA) is 97.3 Å². The molecule has 1 aliphatic rings. The Labute approximate surface area is 185 Å². The lowest BCUT2D eigenvalue weighted by Crippen LogP contribution is -2.15. The van der Waals surface area contributed by atoms with Crippen LogP contribution in [0.2, 0.25) is 0 Å². The lowest BCUT2D eigenvalue weighted by Gasteiger charge is -2.14. The highest BCUT2D eigenvalue weighted by Gasteiger charge is 2.18. The molecule has 0 spiro atoms. The summed E-state index contributed by atoms with van der Waals surface area (Å²) in [6.45, 7) is 4.00. The molecule has 0 saturated heterocycles. The van der Waals surface area contributed by atoms with Gasteiger partial charge in [-0.3, -0.25) is 9.79 Å². The number of nitrogens with one attached hydrogen (secondary N) is 1. The summed E-state index contributed by atoms with van der Waals surface area (Å²) in [7, 11) is 0. The average Bonchev–Trinajstić information content (AvgIpc) is 3.22. The number of H-pyrrole nitrogens is 1. The summed E-state index contributed by atoms with van der Waals surface area (Å²) < 4.78 is 5.97. The Kier molecular flexibility index (Phi) is 4.98. The SMILES string of the molecule is CC(C)N=C(N)c1ccc2nc(C3C=CC(c4cc(=O)c5ccccc5o4)=CC3)[nH]c2c1. The fraction of sp³-hybridized carbons (Fsp3) is 0.192. The van der Waals surface area contributed by atoms with E-state index in [1.54, 1.807) is 12.1 Å². The summed E-state index contributed by atoms with van der Waals surface area (Å²) in [5, 5.41) is 0.593. The number of imidazole rings is 1. The molecule has 2 heterocycles. The molecule has 0 radical (unpaired) electrons. The fourth-order valence-corrected chi connectivity index (χ4v) is 3.97. The molecule has 2 aromatic heterocycles. The second-order valence-electron chi connectivity index (χ2n) is 8.29. The number of benzene rings is 2. The maximum Gasteiger partial charge on any atom is 0.193 e. The van der Waals surface area contributed by atoms with E-state index in [0.29, 0.717) is 22.6 Å². The number of nitrogens with zero attached hydrogens (tertiary/aromatic N) is 2. The highest BCUT2D eigenvalue weighted by atomic mass is 16.3. The molecule has 0 fully saturated rings. The van der Waals surface area contributed by atoms with Crippen LogP contribution in [-0.4, -0.2) is 21.8 Å². The third-order valence-corrected chi connectivity index (χ3v) is 5.56. The number of nitrogens with two attached hydrogens (primary N) is 1. The Hall–Kier alpha value is -3.93. The minimum absolute atomic E-state index is 0.0355. The van der Waals surface area contributed by atoms with Crippen molar-refractivity contribution in [3.63, 3.8) is 0 Å². The second-order valence-corrected chi connectivity index (χ2v) is 8.29. The van der Waals surface area contributed by atoms with E-state index in [0.717, 1.165) is 34.4 Å². The highest BCUT2D eigenvalue weighted by molar-refractivity contribution is 6.00. The zero-order valence-corrected chi connectivity index (χ0v) is 18.0. The monoisotopic (exact) mass is 424 g/mol. The van der Waals surface area contributed by atoms with Gasteiger partial charge in [-0.15, -0.1) is 0 Å².